The first-order valence-corrected chi connectivity index (χ1v) is 13.0. The lowest BCUT2D eigenvalue weighted by molar-refractivity contribution is -0.143. The Morgan fingerprint density at radius 2 is 0.938 bits per heavy atom. The number of carbonyl (C=O) groups excluding carboxylic acids is 2. The minimum absolute atomic E-state index is 0.00229. The van der Waals surface area contributed by atoms with Gasteiger partial charge in [-0.3, -0.25) is 0 Å². The second-order valence-corrected chi connectivity index (χ2v) is 9.36. The molecule has 0 spiro atoms. The van der Waals surface area contributed by atoms with Crippen molar-refractivity contribution >= 4 is 11.9 Å². The number of unbranched alkanes of at least 4 members (excludes halogenated alkanes) is 15. The van der Waals surface area contributed by atoms with E-state index in [-0.39, 0.29) is 18.0 Å². The minimum atomic E-state index is -0.270. The van der Waals surface area contributed by atoms with Crippen molar-refractivity contribution in [2.24, 2.45) is 0 Å². The van der Waals surface area contributed by atoms with Gasteiger partial charge < -0.3 is 9.47 Å². The first kappa shape index (κ1) is 30.4. The molecule has 32 heavy (non-hydrogen) atoms. The van der Waals surface area contributed by atoms with Gasteiger partial charge in [0.1, 0.15) is 0 Å². The van der Waals surface area contributed by atoms with Crippen molar-refractivity contribution in [2.75, 3.05) is 6.61 Å². The summed E-state index contributed by atoms with van der Waals surface area (Å²) in [7, 11) is 0. The third-order valence-corrected chi connectivity index (χ3v) is 5.74. The van der Waals surface area contributed by atoms with E-state index in [0.717, 1.165) is 25.7 Å². The van der Waals surface area contributed by atoms with Crippen LogP contribution < -0.4 is 0 Å². The molecule has 0 radical (unpaired) electrons. The van der Waals surface area contributed by atoms with Gasteiger partial charge in [0.25, 0.3) is 0 Å². The van der Waals surface area contributed by atoms with Gasteiger partial charge in [-0.15, -0.1) is 0 Å². The highest BCUT2D eigenvalue weighted by molar-refractivity contribution is 5.87. The molecule has 0 aromatic carbocycles. The summed E-state index contributed by atoms with van der Waals surface area (Å²) in [5, 5.41) is 0. The zero-order chi connectivity index (χ0) is 24.0. The normalized spacial score (nSPS) is 11.7. The summed E-state index contributed by atoms with van der Waals surface area (Å²) in [6.45, 7) is 13.1. The van der Waals surface area contributed by atoms with Crippen LogP contribution in [0.2, 0.25) is 0 Å². The van der Waals surface area contributed by atoms with Crippen molar-refractivity contribution in [3.8, 4) is 0 Å². The van der Waals surface area contributed by atoms with Crippen molar-refractivity contribution < 1.29 is 19.1 Å². The van der Waals surface area contributed by atoms with E-state index in [2.05, 4.69) is 13.2 Å². The number of carbonyl (C=O) groups is 2. The lowest BCUT2D eigenvalue weighted by atomic mass is 10.0. The van der Waals surface area contributed by atoms with Gasteiger partial charge in [0.15, 0.2) is 0 Å². The Balaban J connectivity index is 3.21. The van der Waals surface area contributed by atoms with Crippen LogP contribution in [0.15, 0.2) is 24.3 Å². The van der Waals surface area contributed by atoms with Gasteiger partial charge in [-0.2, -0.15) is 0 Å². The number of hydrogen-bond acceptors (Lipinski definition) is 4. The van der Waals surface area contributed by atoms with E-state index in [4.69, 9.17) is 9.47 Å². The molecule has 0 aliphatic heterocycles. The Hall–Kier alpha value is -1.58. The van der Waals surface area contributed by atoms with Crippen molar-refractivity contribution in [3.63, 3.8) is 0 Å². The molecule has 0 bridgehead atoms. The lowest BCUT2D eigenvalue weighted by Gasteiger charge is -2.12. The molecule has 0 aliphatic carbocycles. The lowest BCUT2D eigenvalue weighted by Crippen LogP contribution is -2.15. The molecule has 0 amide bonds. The molecule has 0 aromatic rings. The fourth-order valence-corrected chi connectivity index (χ4v) is 3.64. The number of esters is 2. The molecule has 0 aliphatic rings. The highest BCUT2D eigenvalue weighted by atomic mass is 16.5. The molecule has 1 unspecified atom stereocenters. The molecule has 0 saturated heterocycles. The van der Waals surface area contributed by atoms with Crippen LogP contribution in [0.25, 0.3) is 0 Å². The fraction of sp³-hybridized carbons (Fsp3) is 0.786. The molecule has 0 heterocycles. The molecule has 4 heteroatoms. The standard InChI is InChI=1S/C28H50O4/c1-24(2)27(29)31-23-21-19-17-15-13-11-9-7-6-8-10-12-14-16-18-20-22-26(5)32-28(30)25(3)4/h26H,1,3,6-23H2,2,4-5H3. The smallest absolute Gasteiger partial charge is 0.333 e. The Bertz CT molecular complexity index is 524. The SMILES string of the molecule is C=C(C)C(=O)OCCCCCCCCCCCCCCCCCCC(C)OC(=O)C(=C)C. The molecule has 0 fully saturated rings. The van der Waals surface area contributed by atoms with Crippen LogP contribution in [0.5, 0.6) is 0 Å². The summed E-state index contributed by atoms with van der Waals surface area (Å²) in [4.78, 5) is 22.7. The Morgan fingerprint density at radius 1 is 0.594 bits per heavy atom. The fourth-order valence-electron chi connectivity index (χ4n) is 3.64. The molecule has 4 nitrogen and oxygen atoms in total. The van der Waals surface area contributed by atoms with Crippen LogP contribution >= 0.6 is 0 Å². The van der Waals surface area contributed by atoms with Crippen molar-refractivity contribution in [3.05, 3.63) is 24.3 Å². The maximum absolute atomic E-state index is 11.4. The van der Waals surface area contributed by atoms with Crippen LogP contribution in [-0.2, 0) is 19.1 Å². The first-order valence-electron chi connectivity index (χ1n) is 13.0. The van der Waals surface area contributed by atoms with E-state index >= 15 is 0 Å². The van der Waals surface area contributed by atoms with Crippen LogP contribution in [0.1, 0.15) is 130 Å². The maximum atomic E-state index is 11.4. The maximum Gasteiger partial charge on any atom is 0.333 e. The quantitative estimate of drug-likeness (QED) is 0.0946. The van der Waals surface area contributed by atoms with Crippen LogP contribution in [0.3, 0.4) is 0 Å². The summed E-state index contributed by atoms with van der Waals surface area (Å²) in [5.41, 5.74) is 0.955. The first-order chi connectivity index (χ1) is 15.3. The third kappa shape index (κ3) is 20.3. The average molecular weight is 451 g/mol. The van der Waals surface area contributed by atoms with Crippen molar-refractivity contribution in [1.29, 1.82) is 0 Å². The van der Waals surface area contributed by atoms with Gasteiger partial charge in [0, 0.05) is 11.1 Å². The predicted molar refractivity (Wildman–Crippen MR) is 135 cm³/mol. The molecular weight excluding hydrogens is 400 g/mol. The van der Waals surface area contributed by atoms with Crippen LogP contribution in [-0.4, -0.2) is 24.6 Å². The second-order valence-electron chi connectivity index (χ2n) is 9.36. The van der Waals surface area contributed by atoms with Crippen LogP contribution in [0.4, 0.5) is 0 Å². The Kier molecular flexibility index (Phi) is 20.2. The number of rotatable bonds is 22. The highest BCUT2D eigenvalue weighted by Crippen LogP contribution is 2.15. The molecular formula is C28H50O4. The number of hydrogen-bond donors (Lipinski definition) is 0. The summed E-state index contributed by atoms with van der Waals surface area (Å²) in [6.07, 6.45) is 21.4. The topological polar surface area (TPSA) is 52.6 Å². The third-order valence-electron chi connectivity index (χ3n) is 5.74. The largest absolute Gasteiger partial charge is 0.462 e. The van der Waals surface area contributed by atoms with Crippen LogP contribution in [0, 0.1) is 0 Å². The predicted octanol–water partition coefficient (Wildman–Crippen LogP) is 8.25. The molecule has 0 saturated carbocycles. The second kappa shape index (κ2) is 21.3. The summed E-state index contributed by atoms with van der Waals surface area (Å²) in [5.74, 6) is -0.538. The highest BCUT2D eigenvalue weighted by Gasteiger charge is 2.09. The van der Waals surface area contributed by atoms with E-state index < -0.39 is 0 Å². The van der Waals surface area contributed by atoms with Gasteiger partial charge in [-0.05, 0) is 40.0 Å². The van der Waals surface area contributed by atoms with Gasteiger partial charge in [0.05, 0.1) is 12.7 Å². The molecule has 0 N–H and O–H groups in total. The summed E-state index contributed by atoms with van der Waals surface area (Å²) in [6, 6.07) is 0. The summed E-state index contributed by atoms with van der Waals surface area (Å²) < 4.78 is 10.4. The van der Waals surface area contributed by atoms with Gasteiger partial charge in [-0.1, -0.05) is 103 Å². The Labute approximate surface area is 198 Å². The monoisotopic (exact) mass is 450 g/mol. The van der Waals surface area contributed by atoms with E-state index in [1.54, 1.807) is 13.8 Å². The Morgan fingerprint density at radius 3 is 1.31 bits per heavy atom. The van der Waals surface area contributed by atoms with E-state index in [9.17, 15) is 9.59 Å². The molecule has 0 rings (SSSR count). The van der Waals surface area contributed by atoms with Crippen molar-refractivity contribution in [1.82, 2.24) is 0 Å². The van der Waals surface area contributed by atoms with E-state index in [0.29, 0.717) is 17.8 Å². The van der Waals surface area contributed by atoms with Gasteiger partial charge >= 0.3 is 11.9 Å². The molecule has 186 valence electrons. The van der Waals surface area contributed by atoms with Crippen molar-refractivity contribution in [2.45, 2.75) is 136 Å². The zero-order valence-corrected chi connectivity index (χ0v) is 21.4. The van der Waals surface area contributed by atoms with Gasteiger partial charge in [0.2, 0.25) is 0 Å². The average Bonchev–Trinajstić information content (AvgIpc) is 2.74. The molecule has 1 atom stereocenters. The van der Waals surface area contributed by atoms with E-state index in [1.807, 2.05) is 6.92 Å². The van der Waals surface area contributed by atoms with Gasteiger partial charge in [-0.25, -0.2) is 9.59 Å². The minimum Gasteiger partial charge on any atom is -0.462 e. The summed E-state index contributed by atoms with van der Waals surface area (Å²) >= 11 is 0. The van der Waals surface area contributed by atoms with E-state index in [1.165, 1.54) is 83.5 Å². The molecule has 0 aromatic heterocycles. The number of ether oxygens (including phenoxy) is 2. The zero-order valence-electron chi connectivity index (χ0n) is 21.4.